The van der Waals surface area contributed by atoms with Crippen LogP contribution in [0.25, 0.3) is 0 Å². The van der Waals surface area contributed by atoms with Crippen molar-refractivity contribution in [2.75, 3.05) is 6.61 Å². The molecule has 0 saturated heterocycles. The summed E-state index contributed by atoms with van der Waals surface area (Å²) in [6.07, 6.45) is -4.58. The Bertz CT molecular complexity index is 927. The van der Waals surface area contributed by atoms with Gasteiger partial charge in [0.05, 0.1) is 0 Å². The molecule has 0 aliphatic heterocycles. The Hall–Kier alpha value is -0.707. The van der Waals surface area contributed by atoms with Crippen LogP contribution < -0.4 is 15.3 Å². The first-order valence-electron chi connectivity index (χ1n) is 8.54. The first-order valence-corrected chi connectivity index (χ1v) is 15.6. The van der Waals surface area contributed by atoms with Crippen LogP contribution in [-0.2, 0) is 28.8 Å². The van der Waals surface area contributed by atoms with E-state index in [9.17, 15) is 17.7 Å². The maximum absolute atomic E-state index is 13.7. The summed E-state index contributed by atoms with van der Waals surface area (Å²) in [5, 5.41) is 0.493. The molecular weight excluding hydrogens is 536 g/mol. The van der Waals surface area contributed by atoms with Crippen LogP contribution >= 0.6 is 26.8 Å². The van der Waals surface area contributed by atoms with E-state index in [4.69, 9.17) is 28.6 Å². The Balaban J connectivity index is 2.59. The summed E-state index contributed by atoms with van der Waals surface area (Å²) in [6.45, 7) is 5.51. The third-order valence-corrected chi connectivity index (χ3v) is 8.12. The number of hydrogen-bond acceptors (Lipinski definition) is 3. The molecule has 0 aliphatic carbocycles. The number of hydrogen-bond donors (Lipinski definition) is 0. The molecule has 2 aromatic rings. The molecule has 2 aromatic carbocycles. The van der Waals surface area contributed by atoms with Crippen LogP contribution in [0.5, 0.6) is 5.75 Å². The van der Waals surface area contributed by atoms with Crippen molar-refractivity contribution in [3.05, 3.63) is 53.6 Å². The molecule has 0 amide bonds. The Morgan fingerprint density at radius 1 is 1.10 bits per heavy atom. The molecule has 0 N–H and O–H groups in total. The second-order valence-electron chi connectivity index (χ2n) is 6.21. The fourth-order valence-electron chi connectivity index (χ4n) is 2.57. The summed E-state index contributed by atoms with van der Waals surface area (Å²) in [5.41, 5.74) is -0.246. The van der Waals surface area contributed by atoms with E-state index in [1.807, 2.05) is 13.8 Å². The minimum atomic E-state index is -4.48. The molecule has 2 rings (SSSR count). The van der Waals surface area contributed by atoms with Crippen LogP contribution in [0.1, 0.15) is 31.9 Å². The molecule has 0 bridgehead atoms. The molecule has 1 unspecified atom stereocenters. The third-order valence-electron chi connectivity index (χ3n) is 3.73. The molecule has 0 fully saturated rings. The van der Waals surface area contributed by atoms with Crippen LogP contribution in [0.4, 0.5) is 13.2 Å². The quantitative estimate of drug-likeness (QED) is 0.318. The number of halogens is 5. The first-order chi connectivity index (χ1) is 13.5. The summed E-state index contributed by atoms with van der Waals surface area (Å²) in [5.74, 6) is 0.527. The minimum absolute atomic E-state index is 0.104. The Kier molecular flexibility index (Phi) is 8.53. The molecular formula is C19H20Cl2F3O3PRu. The molecule has 0 aromatic heterocycles. The average molecular weight is 556 g/mol. The zero-order valence-electron chi connectivity index (χ0n) is 15.8. The Morgan fingerprint density at radius 3 is 2.17 bits per heavy atom. The summed E-state index contributed by atoms with van der Waals surface area (Å²) < 4.78 is 65.3. The Morgan fingerprint density at radius 2 is 1.69 bits per heavy atom. The van der Waals surface area contributed by atoms with Gasteiger partial charge in [-0.05, 0) is 0 Å². The molecule has 162 valence electrons. The zero-order chi connectivity index (χ0) is 21.8. The number of alkyl halides is 3. The van der Waals surface area contributed by atoms with Crippen LogP contribution in [-0.4, -0.2) is 17.3 Å². The molecule has 3 nitrogen and oxygen atoms in total. The second-order valence-corrected chi connectivity index (χ2v) is 14.3. The summed E-state index contributed by atoms with van der Waals surface area (Å²) in [7, 11) is 8.40. The predicted molar refractivity (Wildman–Crippen MR) is 109 cm³/mol. The number of ether oxygens (including phenoxy) is 1. The van der Waals surface area contributed by atoms with Gasteiger partial charge in [0.2, 0.25) is 0 Å². The summed E-state index contributed by atoms with van der Waals surface area (Å²) in [6, 6.07) is 8.99. The summed E-state index contributed by atoms with van der Waals surface area (Å²) >= 11 is -2.22. The van der Waals surface area contributed by atoms with Gasteiger partial charge in [0.25, 0.3) is 0 Å². The average Bonchev–Trinajstić information content (AvgIpc) is 2.62. The van der Waals surface area contributed by atoms with Gasteiger partial charge in [-0.1, -0.05) is 0 Å². The molecule has 1 atom stereocenters. The molecule has 0 saturated carbocycles. The van der Waals surface area contributed by atoms with Crippen molar-refractivity contribution in [1.82, 2.24) is 0 Å². The standard InChI is InChI=1S/C19H20F3O3P.2ClH.Ru/c1-5-24-26(23,16-8-6-15(7-9-16)19(20,21)22)17-10-11-18(14(4)12-17)25-13(2)3;;;/h4,6-13H,5H2,1-3H3;2*1H;/q;;;+2/p-2. The Labute approximate surface area is 181 Å². The van der Waals surface area contributed by atoms with E-state index in [1.54, 1.807) is 29.7 Å². The fourth-order valence-corrected chi connectivity index (χ4v) is 6.44. The van der Waals surface area contributed by atoms with Gasteiger partial charge in [-0.25, -0.2) is 0 Å². The van der Waals surface area contributed by atoms with Crippen molar-refractivity contribution in [2.45, 2.75) is 33.1 Å². The predicted octanol–water partition coefficient (Wildman–Crippen LogP) is 5.83. The van der Waals surface area contributed by atoms with Crippen molar-refractivity contribution in [2.24, 2.45) is 0 Å². The monoisotopic (exact) mass is 556 g/mol. The van der Waals surface area contributed by atoms with E-state index in [2.05, 4.69) is 0 Å². The molecule has 29 heavy (non-hydrogen) atoms. The second kappa shape index (κ2) is 10.1. The van der Waals surface area contributed by atoms with E-state index in [-0.39, 0.29) is 18.0 Å². The topological polar surface area (TPSA) is 35.5 Å². The van der Waals surface area contributed by atoms with Gasteiger partial charge in [0, 0.05) is 0 Å². The molecule has 10 heteroatoms. The number of benzene rings is 2. The van der Waals surface area contributed by atoms with Crippen molar-refractivity contribution in [3.63, 3.8) is 0 Å². The zero-order valence-corrected chi connectivity index (χ0v) is 20.0. The molecule has 0 heterocycles. The van der Waals surface area contributed by atoms with Crippen LogP contribution in [0.15, 0.2) is 42.5 Å². The summed E-state index contributed by atoms with van der Waals surface area (Å²) in [4.78, 5) is 0. The van der Waals surface area contributed by atoms with Gasteiger partial charge >= 0.3 is 181 Å². The van der Waals surface area contributed by atoms with E-state index >= 15 is 0 Å². The molecule has 0 spiro atoms. The van der Waals surface area contributed by atoms with Crippen molar-refractivity contribution < 1.29 is 40.5 Å². The number of rotatable bonds is 7. The van der Waals surface area contributed by atoms with E-state index in [0.717, 1.165) is 12.1 Å². The van der Waals surface area contributed by atoms with Crippen LogP contribution in [0.3, 0.4) is 0 Å². The SMILES string of the molecule is CCOP(=O)(c1ccc(C(F)(F)F)cc1)c1ccc(OC(C)C)c([CH]=[Ru]([Cl])[Cl])c1. The molecule has 0 aliphatic rings. The van der Waals surface area contributed by atoms with Crippen molar-refractivity contribution in [1.29, 1.82) is 0 Å². The van der Waals surface area contributed by atoms with Gasteiger partial charge in [-0.2, -0.15) is 0 Å². The maximum atomic E-state index is 13.7. The van der Waals surface area contributed by atoms with E-state index in [1.165, 1.54) is 12.1 Å². The van der Waals surface area contributed by atoms with Crippen LogP contribution in [0.2, 0.25) is 0 Å². The van der Waals surface area contributed by atoms with E-state index < -0.39 is 32.6 Å². The third kappa shape index (κ3) is 6.39. The van der Waals surface area contributed by atoms with Crippen LogP contribution in [0, 0.1) is 0 Å². The van der Waals surface area contributed by atoms with Crippen molar-refractivity contribution >= 4 is 42.0 Å². The molecule has 0 radical (unpaired) electrons. The van der Waals surface area contributed by atoms with Crippen molar-refractivity contribution in [3.8, 4) is 5.75 Å². The normalized spacial score (nSPS) is 14.4. The first kappa shape index (κ1) is 24.6. The van der Waals surface area contributed by atoms with Gasteiger partial charge < -0.3 is 0 Å². The van der Waals surface area contributed by atoms with Gasteiger partial charge in [0.1, 0.15) is 0 Å². The van der Waals surface area contributed by atoms with Gasteiger partial charge in [-0.3, -0.25) is 0 Å². The van der Waals surface area contributed by atoms with Gasteiger partial charge in [0.15, 0.2) is 0 Å². The van der Waals surface area contributed by atoms with Gasteiger partial charge in [-0.15, -0.1) is 0 Å². The van der Waals surface area contributed by atoms with E-state index in [0.29, 0.717) is 16.6 Å². The fraction of sp³-hybridized carbons (Fsp3) is 0.316.